The predicted molar refractivity (Wildman–Crippen MR) is 119 cm³/mol. The number of benzene rings is 2. The Kier molecular flexibility index (Phi) is 6.32. The molecule has 2 fully saturated rings. The highest BCUT2D eigenvalue weighted by Crippen LogP contribution is 2.19. The van der Waals surface area contributed by atoms with Crippen LogP contribution in [0.2, 0.25) is 0 Å². The summed E-state index contributed by atoms with van der Waals surface area (Å²) < 4.78 is 0. The SMILES string of the molecule is CCN1CCN(C(=O)c2ccc(CN3CCN(c4ccccc4)C(=O)C3=O)cc2)CC1. The molecule has 2 aromatic carbocycles. The molecule has 0 bridgehead atoms. The van der Waals surface area contributed by atoms with Crippen molar-refractivity contribution in [2.75, 3.05) is 50.7 Å². The summed E-state index contributed by atoms with van der Waals surface area (Å²) in [4.78, 5) is 45.3. The number of hydrogen-bond acceptors (Lipinski definition) is 4. The second-order valence-corrected chi connectivity index (χ2v) is 7.94. The van der Waals surface area contributed by atoms with E-state index in [1.807, 2.05) is 59.5 Å². The van der Waals surface area contributed by atoms with Crippen LogP contribution in [-0.4, -0.2) is 78.2 Å². The fourth-order valence-electron chi connectivity index (χ4n) is 4.10. The van der Waals surface area contributed by atoms with E-state index in [2.05, 4.69) is 11.8 Å². The van der Waals surface area contributed by atoms with Crippen LogP contribution < -0.4 is 4.90 Å². The number of carbonyl (C=O) groups is 3. The number of amides is 3. The van der Waals surface area contributed by atoms with Gasteiger partial charge in [-0.05, 0) is 36.4 Å². The zero-order chi connectivity index (χ0) is 21.8. The molecule has 0 radical (unpaired) electrons. The Labute approximate surface area is 182 Å². The molecule has 0 N–H and O–H groups in total. The number of hydrogen-bond donors (Lipinski definition) is 0. The summed E-state index contributed by atoms with van der Waals surface area (Å²) in [5, 5.41) is 0. The first-order chi connectivity index (χ1) is 15.1. The van der Waals surface area contributed by atoms with E-state index in [9.17, 15) is 14.4 Å². The van der Waals surface area contributed by atoms with Gasteiger partial charge in [0, 0.05) is 57.1 Å². The topological polar surface area (TPSA) is 64.2 Å². The van der Waals surface area contributed by atoms with Crippen molar-refractivity contribution >= 4 is 23.4 Å². The molecule has 31 heavy (non-hydrogen) atoms. The zero-order valence-corrected chi connectivity index (χ0v) is 17.9. The Balaban J connectivity index is 1.35. The molecule has 3 amide bonds. The van der Waals surface area contributed by atoms with E-state index in [-0.39, 0.29) is 5.91 Å². The molecule has 0 atom stereocenters. The fourth-order valence-corrected chi connectivity index (χ4v) is 4.10. The summed E-state index contributed by atoms with van der Waals surface area (Å²) >= 11 is 0. The molecule has 7 heteroatoms. The molecule has 2 heterocycles. The second kappa shape index (κ2) is 9.31. The molecular weight excluding hydrogens is 392 g/mol. The van der Waals surface area contributed by atoms with Gasteiger partial charge in [0.2, 0.25) is 0 Å². The van der Waals surface area contributed by atoms with E-state index in [4.69, 9.17) is 0 Å². The highest BCUT2D eigenvalue weighted by Gasteiger charge is 2.33. The minimum Gasteiger partial charge on any atom is -0.336 e. The summed E-state index contributed by atoms with van der Waals surface area (Å²) in [6.07, 6.45) is 0. The third-order valence-electron chi connectivity index (χ3n) is 6.06. The summed E-state index contributed by atoms with van der Waals surface area (Å²) in [5.41, 5.74) is 2.30. The van der Waals surface area contributed by atoms with Crippen molar-refractivity contribution in [3.8, 4) is 0 Å². The molecule has 2 aliphatic rings. The smallest absolute Gasteiger partial charge is 0.316 e. The number of anilines is 1. The van der Waals surface area contributed by atoms with Crippen molar-refractivity contribution in [2.24, 2.45) is 0 Å². The largest absolute Gasteiger partial charge is 0.336 e. The highest BCUT2D eigenvalue weighted by atomic mass is 16.2. The minimum absolute atomic E-state index is 0.0463. The van der Waals surface area contributed by atoms with E-state index in [0.717, 1.165) is 44.0 Å². The van der Waals surface area contributed by atoms with E-state index in [0.29, 0.717) is 25.2 Å². The van der Waals surface area contributed by atoms with Gasteiger partial charge in [-0.3, -0.25) is 14.4 Å². The lowest BCUT2D eigenvalue weighted by atomic mass is 10.1. The van der Waals surface area contributed by atoms with Crippen molar-refractivity contribution in [3.05, 3.63) is 65.7 Å². The summed E-state index contributed by atoms with van der Waals surface area (Å²) in [6.45, 7) is 7.76. The zero-order valence-electron chi connectivity index (χ0n) is 17.9. The Bertz CT molecular complexity index is 937. The maximum atomic E-state index is 12.8. The van der Waals surface area contributed by atoms with Crippen LogP contribution in [0.25, 0.3) is 0 Å². The number of rotatable bonds is 5. The third kappa shape index (κ3) is 4.61. The predicted octanol–water partition coefficient (Wildman–Crippen LogP) is 1.84. The molecule has 2 aliphatic heterocycles. The lowest BCUT2D eigenvalue weighted by molar-refractivity contribution is -0.146. The monoisotopic (exact) mass is 420 g/mol. The fraction of sp³-hybridized carbons (Fsp3) is 0.375. The van der Waals surface area contributed by atoms with Gasteiger partial charge in [0.05, 0.1) is 0 Å². The Hall–Kier alpha value is -3.19. The van der Waals surface area contributed by atoms with Crippen LogP contribution >= 0.6 is 0 Å². The van der Waals surface area contributed by atoms with Gasteiger partial charge in [-0.1, -0.05) is 37.3 Å². The van der Waals surface area contributed by atoms with Crippen molar-refractivity contribution in [2.45, 2.75) is 13.5 Å². The third-order valence-corrected chi connectivity index (χ3v) is 6.06. The number of likely N-dealkylation sites (N-methyl/N-ethyl adjacent to an activating group) is 1. The standard InChI is InChI=1S/C24H28N4O3/c1-2-25-12-14-26(15-13-25)22(29)20-10-8-19(9-11-20)18-27-16-17-28(24(31)23(27)30)21-6-4-3-5-7-21/h3-11H,2,12-18H2,1H3. The van der Waals surface area contributed by atoms with Gasteiger partial charge in [-0.25, -0.2) is 0 Å². The molecule has 0 aliphatic carbocycles. The van der Waals surface area contributed by atoms with Crippen LogP contribution in [-0.2, 0) is 16.1 Å². The molecule has 2 aromatic rings. The van der Waals surface area contributed by atoms with Crippen LogP contribution in [0.5, 0.6) is 0 Å². The second-order valence-electron chi connectivity index (χ2n) is 7.94. The summed E-state index contributed by atoms with van der Waals surface area (Å²) in [6, 6.07) is 16.6. The minimum atomic E-state index is -0.504. The van der Waals surface area contributed by atoms with Crippen molar-refractivity contribution in [1.29, 1.82) is 0 Å². The van der Waals surface area contributed by atoms with Crippen LogP contribution in [0.1, 0.15) is 22.8 Å². The molecule has 7 nitrogen and oxygen atoms in total. The van der Waals surface area contributed by atoms with Gasteiger partial charge in [0.1, 0.15) is 0 Å². The maximum absolute atomic E-state index is 12.8. The van der Waals surface area contributed by atoms with Gasteiger partial charge in [0.15, 0.2) is 0 Å². The van der Waals surface area contributed by atoms with E-state index >= 15 is 0 Å². The first-order valence-electron chi connectivity index (χ1n) is 10.8. The van der Waals surface area contributed by atoms with Gasteiger partial charge in [-0.2, -0.15) is 0 Å². The maximum Gasteiger partial charge on any atom is 0.316 e. The summed E-state index contributed by atoms with van der Waals surface area (Å²) in [7, 11) is 0. The molecule has 0 spiro atoms. The number of piperazine rings is 2. The van der Waals surface area contributed by atoms with Gasteiger partial charge in [-0.15, -0.1) is 0 Å². The van der Waals surface area contributed by atoms with Crippen LogP contribution in [0.4, 0.5) is 5.69 Å². The average molecular weight is 421 g/mol. The van der Waals surface area contributed by atoms with Crippen molar-refractivity contribution in [3.63, 3.8) is 0 Å². The molecule has 0 unspecified atom stereocenters. The first-order valence-corrected chi connectivity index (χ1v) is 10.8. The molecule has 0 saturated carbocycles. The molecule has 162 valence electrons. The number of para-hydroxylation sites is 1. The average Bonchev–Trinajstić information content (AvgIpc) is 2.83. The van der Waals surface area contributed by atoms with Crippen LogP contribution in [0, 0.1) is 0 Å². The van der Waals surface area contributed by atoms with E-state index in [1.165, 1.54) is 4.90 Å². The Morgan fingerprint density at radius 3 is 2.13 bits per heavy atom. The van der Waals surface area contributed by atoms with E-state index < -0.39 is 11.8 Å². The quantitative estimate of drug-likeness (QED) is 0.693. The first kappa shape index (κ1) is 21.1. The molecule has 2 saturated heterocycles. The van der Waals surface area contributed by atoms with Crippen molar-refractivity contribution in [1.82, 2.24) is 14.7 Å². The summed E-state index contributed by atoms with van der Waals surface area (Å²) in [5.74, 6) is -0.954. The van der Waals surface area contributed by atoms with Crippen LogP contribution in [0.3, 0.4) is 0 Å². The van der Waals surface area contributed by atoms with E-state index in [1.54, 1.807) is 4.90 Å². The Morgan fingerprint density at radius 1 is 0.806 bits per heavy atom. The normalized spacial score (nSPS) is 17.9. The molecule has 4 rings (SSSR count). The van der Waals surface area contributed by atoms with Gasteiger partial charge in [0.25, 0.3) is 5.91 Å². The lowest BCUT2D eigenvalue weighted by Crippen LogP contribution is -2.54. The van der Waals surface area contributed by atoms with Gasteiger partial charge >= 0.3 is 11.8 Å². The lowest BCUT2D eigenvalue weighted by Gasteiger charge is -2.34. The van der Waals surface area contributed by atoms with Crippen LogP contribution in [0.15, 0.2) is 54.6 Å². The van der Waals surface area contributed by atoms with Crippen molar-refractivity contribution < 1.29 is 14.4 Å². The molecule has 0 aromatic heterocycles. The highest BCUT2D eigenvalue weighted by molar-refractivity contribution is 6.40. The van der Waals surface area contributed by atoms with Gasteiger partial charge < -0.3 is 19.6 Å². The number of carbonyl (C=O) groups excluding carboxylic acids is 3. The molecular formula is C24H28N4O3. The number of nitrogens with zero attached hydrogens (tertiary/aromatic N) is 4. The Morgan fingerprint density at radius 2 is 1.48 bits per heavy atom.